The number of halogens is 2. The van der Waals surface area contributed by atoms with Crippen molar-refractivity contribution < 1.29 is 19.2 Å². The van der Waals surface area contributed by atoms with Gasteiger partial charge in [-0.25, -0.2) is 4.90 Å². The summed E-state index contributed by atoms with van der Waals surface area (Å²) in [7, 11) is 0. The first kappa shape index (κ1) is 24.3. The first-order chi connectivity index (χ1) is 18.4. The molecule has 3 aromatic rings. The summed E-state index contributed by atoms with van der Waals surface area (Å²) in [6.45, 7) is 0. The highest BCUT2D eigenvalue weighted by atomic mass is 35.5. The molecule has 0 saturated carbocycles. The van der Waals surface area contributed by atoms with Crippen LogP contribution in [0.1, 0.15) is 20.7 Å². The third-order valence-corrected chi connectivity index (χ3v) is 7.91. The first-order valence-electron chi connectivity index (χ1n) is 12.1. The van der Waals surface area contributed by atoms with Gasteiger partial charge in [-0.05, 0) is 42.5 Å². The van der Waals surface area contributed by atoms with Crippen LogP contribution in [0.5, 0.6) is 0 Å². The average Bonchev–Trinajstić information content (AvgIpc) is 3.41. The maximum atomic E-state index is 13.9. The van der Waals surface area contributed by atoms with E-state index in [9.17, 15) is 19.2 Å². The van der Waals surface area contributed by atoms with Gasteiger partial charge in [0.2, 0.25) is 11.8 Å². The lowest BCUT2D eigenvalue weighted by molar-refractivity contribution is -0.123. The molecule has 0 spiro atoms. The number of fused-ring (bicyclic) bond motifs is 3. The molecule has 4 atom stereocenters. The summed E-state index contributed by atoms with van der Waals surface area (Å²) in [5.41, 5.74) is 1.55. The van der Waals surface area contributed by atoms with E-state index in [1.54, 1.807) is 96.0 Å². The fraction of sp³-hybridized carbons (Fsp3) is 0.133. The lowest BCUT2D eigenvalue weighted by Crippen LogP contribution is -2.46. The number of ketones is 2. The van der Waals surface area contributed by atoms with Crippen molar-refractivity contribution in [2.45, 2.75) is 12.1 Å². The van der Waals surface area contributed by atoms with Crippen molar-refractivity contribution >= 4 is 52.3 Å². The SMILES string of the molecule is O=C(C1=C[C@H]2[C@@H]3C(=O)N(c4ccccc4Cl)C(=O)[C@@H]3[C@H](C(=O)c3ccc(Cl)cc3)N2C=C1)c1ccccc1. The minimum absolute atomic E-state index is 0.203. The summed E-state index contributed by atoms with van der Waals surface area (Å²) >= 11 is 12.4. The third kappa shape index (κ3) is 3.80. The van der Waals surface area contributed by atoms with Gasteiger partial charge in [0, 0.05) is 27.9 Å². The van der Waals surface area contributed by atoms with Gasteiger partial charge in [0.15, 0.2) is 11.6 Å². The number of rotatable bonds is 5. The van der Waals surface area contributed by atoms with Crippen LogP contribution in [0.4, 0.5) is 5.69 Å². The molecule has 0 aromatic heterocycles. The number of anilines is 1. The highest BCUT2D eigenvalue weighted by molar-refractivity contribution is 6.36. The van der Waals surface area contributed by atoms with E-state index in [4.69, 9.17) is 23.2 Å². The third-order valence-electron chi connectivity index (χ3n) is 7.34. The number of hydrogen-bond donors (Lipinski definition) is 0. The van der Waals surface area contributed by atoms with Crippen LogP contribution in [0.15, 0.2) is 103 Å². The predicted molar refractivity (Wildman–Crippen MR) is 144 cm³/mol. The molecule has 2 saturated heterocycles. The second-order valence-electron chi connectivity index (χ2n) is 9.40. The number of imide groups is 1. The van der Waals surface area contributed by atoms with Crippen LogP contribution in [-0.2, 0) is 9.59 Å². The number of nitrogens with zero attached hydrogens (tertiary/aromatic N) is 2. The molecule has 8 heteroatoms. The van der Waals surface area contributed by atoms with E-state index >= 15 is 0 Å². The summed E-state index contributed by atoms with van der Waals surface area (Å²) in [4.78, 5) is 57.6. The molecule has 0 aliphatic carbocycles. The Morgan fingerprint density at radius 1 is 0.737 bits per heavy atom. The summed E-state index contributed by atoms with van der Waals surface area (Å²) < 4.78 is 0. The molecule has 2 amide bonds. The van der Waals surface area contributed by atoms with E-state index in [-0.39, 0.29) is 22.3 Å². The Hall–Kier alpha value is -4.00. The lowest BCUT2D eigenvalue weighted by Gasteiger charge is -2.33. The van der Waals surface area contributed by atoms with Gasteiger partial charge in [0.1, 0.15) is 6.04 Å². The normalized spacial score (nSPS) is 23.8. The molecule has 0 unspecified atom stereocenters. The number of benzene rings is 3. The Morgan fingerprint density at radius 2 is 1.39 bits per heavy atom. The Balaban J connectivity index is 1.44. The number of carbonyl (C=O) groups is 4. The number of carbonyl (C=O) groups excluding carboxylic acids is 4. The molecule has 3 aliphatic rings. The van der Waals surface area contributed by atoms with Crippen molar-refractivity contribution in [2.75, 3.05) is 4.90 Å². The van der Waals surface area contributed by atoms with Crippen molar-refractivity contribution in [1.29, 1.82) is 0 Å². The minimum atomic E-state index is -0.959. The van der Waals surface area contributed by atoms with Crippen molar-refractivity contribution in [3.63, 3.8) is 0 Å². The van der Waals surface area contributed by atoms with Crippen LogP contribution >= 0.6 is 23.2 Å². The van der Waals surface area contributed by atoms with Crippen LogP contribution in [0, 0.1) is 11.8 Å². The summed E-state index contributed by atoms with van der Waals surface area (Å²) in [6, 6.07) is 20.2. The van der Waals surface area contributed by atoms with Gasteiger partial charge in [-0.15, -0.1) is 0 Å². The second kappa shape index (κ2) is 9.39. The molecule has 3 aromatic carbocycles. The van der Waals surface area contributed by atoms with Gasteiger partial charge >= 0.3 is 0 Å². The van der Waals surface area contributed by atoms with Crippen molar-refractivity contribution in [3.05, 3.63) is 124 Å². The quantitative estimate of drug-likeness (QED) is 0.320. The van der Waals surface area contributed by atoms with Crippen LogP contribution in [0.25, 0.3) is 0 Å². The zero-order valence-corrected chi connectivity index (χ0v) is 21.3. The lowest BCUT2D eigenvalue weighted by atomic mass is 9.85. The summed E-state index contributed by atoms with van der Waals surface area (Å²) in [5, 5.41) is 0.733. The molecular weight excluding hydrogens is 523 g/mol. The standard InChI is InChI=1S/C30H20Cl2N2O4/c31-20-12-10-18(11-13-20)28(36)26-25-24(29(37)34(30(25)38)22-9-5-4-8-21(22)32)23-16-19(14-15-33(23)26)27(35)17-6-2-1-3-7-17/h1-16,23-26H/t23-,24-,25-,26+/m0/s1. The molecule has 0 radical (unpaired) electrons. The smallest absolute Gasteiger partial charge is 0.240 e. The highest BCUT2D eigenvalue weighted by Crippen LogP contribution is 2.48. The number of amides is 2. The fourth-order valence-electron chi connectivity index (χ4n) is 5.61. The van der Waals surface area contributed by atoms with Gasteiger partial charge in [-0.2, -0.15) is 0 Å². The summed E-state index contributed by atoms with van der Waals surface area (Å²) in [5.74, 6) is -3.29. The first-order valence-corrected chi connectivity index (χ1v) is 12.8. The van der Waals surface area contributed by atoms with Crippen molar-refractivity contribution in [1.82, 2.24) is 4.90 Å². The molecular formula is C30H20Cl2N2O4. The predicted octanol–water partition coefficient (Wildman–Crippen LogP) is 5.37. The Morgan fingerprint density at radius 3 is 2.11 bits per heavy atom. The largest absolute Gasteiger partial charge is 0.359 e. The van der Waals surface area contributed by atoms with E-state index in [0.717, 1.165) is 4.90 Å². The van der Waals surface area contributed by atoms with Crippen LogP contribution in [0.2, 0.25) is 10.0 Å². The molecule has 0 N–H and O–H groups in total. The molecule has 0 bridgehead atoms. The van der Waals surface area contributed by atoms with Crippen molar-refractivity contribution in [3.8, 4) is 0 Å². The maximum absolute atomic E-state index is 13.9. The van der Waals surface area contributed by atoms with E-state index < -0.39 is 35.7 Å². The van der Waals surface area contributed by atoms with E-state index in [2.05, 4.69) is 0 Å². The van der Waals surface area contributed by atoms with Gasteiger partial charge in [-0.3, -0.25) is 19.2 Å². The molecule has 38 heavy (non-hydrogen) atoms. The topological polar surface area (TPSA) is 74.8 Å². The number of Topliss-reactive ketones (excluding diaryl/α,β-unsaturated/α-hetero) is 2. The fourth-order valence-corrected chi connectivity index (χ4v) is 5.96. The van der Waals surface area contributed by atoms with Crippen LogP contribution in [0.3, 0.4) is 0 Å². The number of allylic oxidation sites excluding steroid dienone is 2. The zero-order valence-electron chi connectivity index (χ0n) is 19.8. The highest BCUT2D eigenvalue weighted by Gasteiger charge is 2.63. The monoisotopic (exact) mass is 542 g/mol. The Labute approximate surface area is 228 Å². The van der Waals surface area contributed by atoms with E-state index in [1.807, 2.05) is 6.07 Å². The molecule has 6 nitrogen and oxygen atoms in total. The van der Waals surface area contributed by atoms with Gasteiger partial charge < -0.3 is 4.90 Å². The van der Waals surface area contributed by atoms with Crippen molar-refractivity contribution in [2.24, 2.45) is 11.8 Å². The van der Waals surface area contributed by atoms with Crippen LogP contribution < -0.4 is 4.90 Å². The van der Waals surface area contributed by atoms with E-state index in [1.165, 1.54) is 0 Å². The van der Waals surface area contributed by atoms with Gasteiger partial charge in [0.05, 0.1) is 28.6 Å². The molecule has 188 valence electrons. The molecule has 6 rings (SSSR count). The number of hydrogen-bond acceptors (Lipinski definition) is 5. The van der Waals surface area contributed by atoms with Crippen LogP contribution in [-0.4, -0.2) is 40.4 Å². The minimum Gasteiger partial charge on any atom is -0.359 e. The van der Waals surface area contributed by atoms with Gasteiger partial charge in [-0.1, -0.05) is 71.7 Å². The molecule has 3 aliphatic heterocycles. The molecule has 3 heterocycles. The van der Waals surface area contributed by atoms with Gasteiger partial charge in [0.25, 0.3) is 0 Å². The second-order valence-corrected chi connectivity index (χ2v) is 10.2. The van der Waals surface area contributed by atoms with E-state index in [0.29, 0.717) is 21.7 Å². The Kier molecular flexibility index (Phi) is 6.01. The molecule has 2 fully saturated rings. The zero-order chi connectivity index (χ0) is 26.6. The maximum Gasteiger partial charge on any atom is 0.240 e. The Bertz CT molecular complexity index is 1550. The summed E-state index contributed by atoms with van der Waals surface area (Å²) in [6.07, 6.45) is 4.98. The average molecular weight is 543 g/mol. The number of para-hydroxylation sites is 1.